The average molecular weight is 310 g/mol. The lowest BCUT2D eigenvalue weighted by atomic mass is 10.0. The van der Waals surface area contributed by atoms with Gasteiger partial charge < -0.3 is 20.6 Å². The minimum Gasteiger partial charge on any atom is -0.480 e. The maximum absolute atomic E-state index is 10.8. The SMILES string of the molecule is Cl.N[C@@H](Cc1cccc(CCP(=O)(O)O)c1)C(=O)O. The Hall–Kier alpha value is -0.910. The molecule has 0 saturated heterocycles. The number of carboxylic acid groups (broad SMARTS) is 1. The Morgan fingerprint density at radius 2 is 1.89 bits per heavy atom. The molecule has 0 bridgehead atoms. The predicted molar refractivity (Wildman–Crippen MR) is 73.6 cm³/mol. The molecule has 0 fully saturated rings. The first-order valence-corrected chi connectivity index (χ1v) is 7.18. The fourth-order valence-corrected chi connectivity index (χ4v) is 2.08. The summed E-state index contributed by atoms with van der Waals surface area (Å²) in [5.74, 6) is -1.07. The van der Waals surface area contributed by atoms with E-state index in [-0.39, 0.29) is 31.4 Å². The van der Waals surface area contributed by atoms with E-state index in [4.69, 9.17) is 20.6 Å². The second-order valence-electron chi connectivity index (χ2n) is 4.11. The first-order valence-electron chi connectivity index (χ1n) is 5.39. The van der Waals surface area contributed by atoms with Gasteiger partial charge in [-0.1, -0.05) is 24.3 Å². The van der Waals surface area contributed by atoms with E-state index in [1.165, 1.54) is 0 Å². The molecule has 1 rings (SSSR count). The number of halogens is 1. The van der Waals surface area contributed by atoms with Crippen molar-refractivity contribution in [2.45, 2.75) is 18.9 Å². The van der Waals surface area contributed by atoms with E-state index >= 15 is 0 Å². The number of aryl methyl sites for hydroxylation is 1. The lowest BCUT2D eigenvalue weighted by Crippen LogP contribution is -2.32. The molecule has 0 spiro atoms. The number of carbonyl (C=O) groups is 1. The van der Waals surface area contributed by atoms with Crippen LogP contribution in [0.3, 0.4) is 0 Å². The van der Waals surface area contributed by atoms with Crippen molar-refractivity contribution in [1.29, 1.82) is 0 Å². The van der Waals surface area contributed by atoms with Crippen molar-refractivity contribution in [3.63, 3.8) is 0 Å². The highest BCUT2D eigenvalue weighted by Gasteiger charge is 2.14. The van der Waals surface area contributed by atoms with Crippen LogP contribution in [0.2, 0.25) is 0 Å². The third-order valence-corrected chi connectivity index (χ3v) is 3.26. The lowest BCUT2D eigenvalue weighted by molar-refractivity contribution is -0.138. The summed E-state index contributed by atoms with van der Waals surface area (Å²) in [7, 11) is -4.01. The van der Waals surface area contributed by atoms with E-state index in [1.807, 2.05) is 0 Å². The van der Waals surface area contributed by atoms with Gasteiger partial charge in [0.05, 0.1) is 6.16 Å². The lowest BCUT2D eigenvalue weighted by Gasteiger charge is -2.09. The smallest absolute Gasteiger partial charge is 0.325 e. The molecule has 6 nitrogen and oxygen atoms in total. The Balaban J connectivity index is 0.00000324. The van der Waals surface area contributed by atoms with Gasteiger partial charge in [-0.15, -0.1) is 12.4 Å². The Labute approximate surface area is 117 Å². The summed E-state index contributed by atoms with van der Waals surface area (Å²) in [6.45, 7) is 0. The van der Waals surface area contributed by atoms with Crippen LogP contribution in [0.1, 0.15) is 11.1 Å². The van der Waals surface area contributed by atoms with Crippen molar-refractivity contribution in [3.8, 4) is 0 Å². The van der Waals surface area contributed by atoms with E-state index in [0.717, 1.165) is 11.1 Å². The number of rotatable bonds is 6. The Morgan fingerprint density at radius 3 is 2.42 bits per heavy atom. The third kappa shape index (κ3) is 7.30. The maximum atomic E-state index is 10.8. The van der Waals surface area contributed by atoms with Crippen LogP contribution in [0.4, 0.5) is 0 Å². The molecule has 1 aromatic rings. The topological polar surface area (TPSA) is 121 Å². The van der Waals surface area contributed by atoms with Gasteiger partial charge >= 0.3 is 13.6 Å². The molecule has 8 heteroatoms. The highest BCUT2D eigenvalue weighted by Crippen LogP contribution is 2.34. The minimum absolute atomic E-state index is 0. The van der Waals surface area contributed by atoms with Gasteiger partial charge in [-0.3, -0.25) is 9.36 Å². The van der Waals surface area contributed by atoms with E-state index < -0.39 is 19.6 Å². The number of benzene rings is 1. The van der Waals surface area contributed by atoms with Crippen molar-refractivity contribution in [2.24, 2.45) is 5.73 Å². The molecule has 19 heavy (non-hydrogen) atoms. The van der Waals surface area contributed by atoms with Gasteiger partial charge in [0, 0.05) is 0 Å². The molecule has 0 amide bonds. The number of nitrogens with two attached hydrogens (primary N) is 1. The minimum atomic E-state index is -4.01. The molecule has 0 aromatic heterocycles. The Bertz CT molecular complexity index is 476. The third-order valence-electron chi connectivity index (χ3n) is 2.46. The fraction of sp³-hybridized carbons (Fsp3) is 0.364. The van der Waals surface area contributed by atoms with Gasteiger partial charge in [-0.25, -0.2) is 0 Å². The zero-order valence-electron chi connectivity index (χ0n) is 10.1. The average Bonchev–Trinajstić information content (AvgIpc) is 2.26. The van der Waals surface area contributed by atoms with Gasteiger partial charge in [0.2, 0.25) is 0 Å². The molecule has 108 valence electrons. The Morgan fingerprint density at radius 1 is 1.32 bits per heavy atom. The van der Waals surface area contributed by atoms with Gasteiger partial charge in [0.1, 0.15) is 6.04 Å². The van der Waals surface area contributed by atoms with Crippen molar-refractivity contribution in [3.05, 3.63) is 35.4 Å². The quantitative estimate of drug-likeness (QED) is 0.576. The molecule has 0 saturated carbocycles. The van der Waals surface area contributed by atoms with E-state index in [0.29, 0.717) is 0 Å². The Kier molecular flexibility index (Phi) is 7.26. The monoisotopic (exact) mass is 309 g/mol. The summed E-state index contributed by atoms with van der Waals surface area (Å²) in [6.07, 6.45) is 0.223. The molecule has 0 aliphatic rings. The summed E-state index contributed by atoms with van der Waals surface area (Å²) >= 11 is 0. The number of aliphatic carboxylic acids is 1. The van der Waals surface area contributed by atoms with Crippen LogP contribution in [0, 0.1) is 0 Å². The molecule has 0 aliphatic heterocycles. The van der Waals surface area contributed by atoms with Crippen molar-refractivity contribution in [1.82, 2.24) is 0 Å². The molecule has 1 atom stereocenters. The zero-order valence-corrected chi connectivity index (χ0v) is 11.8. The fourth-order valence-electron chi connectivity index (χ4n) is 1.53. The van der Waals surface area contributed by atoms with E-state index in [9.17, 15) is 9.36 Å². The first kappa shape index (κ1) is 18.1. The molecule has 0 heterocycles. The van der Waals surface area contributed by atoms with Crippen molar-refractivity contribution >= 4 is 26.0 Å². The second-order valence-corrected chi connectivity index (χ2v) is 5.88. The van der Waals surface area contributed by atoms with Crippen LogP contribution < -0.4 is 5.73 Å². The van der Waals surface area contributed by atoms with E-state index in [1.54, 1.807) is 24.3 Å². The molecule has 1 aromatic carbocycles. The first-order chi connectivity index (χ1) is 8.28. The standard InChI is InChI=1S/C11H16NO5P.ClH/c12-10(11(13)14)7-9-3-1-2-8(6-9)4-5-18(15,16)17;/h1-3,6,10H,4-5,7,12H2,(H,13,14)(H2,15,16,17);1H/t10-;/m0./s1. The van der Waals surface area contributed by atoms with Crippen LogP contribution >= 0.6 is 20.0 Å². The summed E-state index contributed by atoms with van der Waals surface area (Å²) < 4.78 is 10.8. The normalized spacial score (nSPS) is 12.6. The summed E-state index contributed by atoms with van der Waals surface area (Å²) in [5, 5.41) is 8.69. The number of hydrogen-bond donors (Lipinski definition) is 4. The molecule has 0 aliphatic carbocycles. The van der Waals surface area contributed by atoms with Gasteiger partial charge in [0.15, 0.2) is 0 Å². The van der Waals surface area contributed by atoms with Crippen molar-refractivity contribution in [2.75, 3.05) is 6.16 Å². The van der Waals surface area contributed by atoms with Crippen LogP contribution in [-0.2, 0) is 22.2 Å². The molecule has 0 unspecified atom stereocenters. The summed E-state index contributed by atoms with van der Waals surface area (Å²) in [4.78, 5) is 28.2. The molecule has 0 radical (unpaired) electrons. The van der Waals surface area contributed by atoms with Crippen LogP contribution in [-0.4, -0.2) is 33.1 Å². The highest BCUT2D eigenvalue weighted by molar-refractivity contribution is 7.51. The second kappa shape index (κ2) is 7.62. The van der Waals surface area contributed by atoms with Gasteiger partial charge in [-0.05, 0) is 24.0 Å². The van der Waals surface area contributed by atoms with Crippen LogP contribution in [0.5, 0.6) is 0 Å². The van der Waals surface area contributed by atoms with E-state index in [2.05, 4.69) is 0 Å². The predicted octanol–water partition coefficient (Wildman–Crippen LogP) is 0.783. The summed E-state index contributed by atoms with van der Waals surface area (Å²) in [6, 6.07) is 5.95. The highest BCUT2D eigenvalue weighted by atomic mass is 35.5. The van der Waals surface area contributed by atoms with Crippen molar-refractivity contribution < 1.29 is 24.3 Å². The zero-order chi connectivity index (χ0) is 13.8. The van der Waals surface area contributed by atoms with Crippen LogP contribution in [0.15, 0.2) is 24.3 Å². The molecule has 5 N–H and O–H groups in total. The molecular formula is C11H17ClNO5P. The summed E-state index contributed by atoms with van der Waals surface area (Å²) in [5.41, 5.74) is 6.92. The number of hydrogen-bond acceptors (Lipinski definition) is 3. The maximum Gasteiger partial charge on any atom is 0.325 e. The number of carboxylic acids is 1. The van der Waals surface area contributed by atoms with Crippen LogP contribution in [0.25, 0.3) is 0 Å². The molecular weight excluding hydrogens is 293 g/mol. The van der Waals surface area contributed by atoms with Gasteiger partial charge in [0.25, 0.3) is 0 Å². The van der Waals surface area contributed by atoms with Gasteiger partial charge in [-0.2, -0.15) is 0 Å². The largest absolute Gasteiger partial charge is 0.480 e.